The van der Waals surface area contributed by atoms with Crippen molar-refractivity contribution in [3.8, 4) is 0 Å². The number of carbonyl (C=O) groups excluding carboxylic acids is 2. The lowest BCUT2D eigenvalue weighted by Crippen LogP contribution is -2.35. The second kappa shape index (κ2) is 5.87. The third-order valence-corrected chi connectivity index (χ3v) is 1.89. The Bertz CT molecular complexity index is 505. The van der Waals surface area contributed by atoms with Crippen LogP contribution >= 0.6 is 0 Å². The average molecular weight is 242 g/mol. The highest BCUT2D eigenvalue weighted by Crippen LogP contribution is 2.04. The predicted molar refractivity (Wildman–Crippen MR) is 54.4 cm³/mol. The molecule has 0 bridgehead atoms. The molecule has 0 amide bonds. The summed E-state index contributed by atoms with van der Waals surface area (Å²) in [6.07, 6.45) is -0.982. The first-order valence-corrected chi connectivity index (χ1v) is 4.60. The van der Waals surface area contributed by atoms with E-state index >= 15 is 0 Å². The lowest BCUT2D eigenvalue weighted by molar-refractivity contribution is -0.140. The van der Waals surface area contributed by atoms with Gasteiger partial charge in [-0.25, -0.2) is 4.79 Å². The predicted octanol–water partition coefficient (Wildman–Crippen LogP) is -2.19. The Hall–Kier alpha value is -2.06. The highest BCUT2D eigenvalue weighted by Gasteiger charge is 2.17. The SMILES string of the molecule is O=C[C@@H](CO)O[C@H](C=O)n1ccc(=O)[nH]c1=O. The van der Waals surface area contributed by atoms with E-state index in [1.807, 2.05) is 4.98 Å². The van der Waals surface area contributed by atoms with E-state index in [1.54, 1.807) is 0 Å². The molecule has 2 N–H and O–H groups in total. The Morgan fingerprint density at radius 2 is 2.12 bits per heavy atom. The first-order valence-electron chi connectivity index (χ1n) is 4.60. The fraction of sp³-hybridized carbons (Fsp3) is 0.333. The molecule has 0 unspecified atom stereocenters. The maximum absolute atomic E-state index is 11.3. The van der Waals surface area contributed by atoms with Gasteiger partial charge < -0.3 is 14.6 Å². The lowest BCUT2D eigenvalue weighted by Gasteiger charge is -2.16. The molecule has 0 radical (unpaired) electrons. The maximum Gasteiger partial charge on any atom is 0.330 e. The number of hydrogen-bond donors (Lipinski definition) is 2. The van der Waals surface area contributed by atoms with Crippen molar-refractivity contribution in [2.75, 3.05) is 6.61 Å². The summed E-state index contributed by atoms with van der Waals surface area (Å²) < 4.78 is 5.65. The monoisotopic (exact) mass is 242 g/mol. The van der Waals surface area contributed by atoms with E-state index in [0.717, 1.165) is 16.8 Å². The first kappa shape index (κ1) is 13.0. The second-order valence-corrected chi connectivity index (χ2v) is 3.04. The number of aromatic nitrogens is 2. The van der Waals surface area contributed by atoms with Crippen molar-refractivity contribution in [1.82, 2.24) is 9.55 Å². The smallest absolute Gasteiger partial charge is 0.330 e. The number of nitrogens with zero attached hydrogens (tertiary/aromatic N) is 1. The summed E-state index contributed by atoms with van der Waals surface area (Å²) in [4.78, 5) is 45.2. The summed E-state index contributed by atoms with van der Waals surface area (Å²) in [5.74, 6) is 0. The Labute approximate surface area is 94.5 Å². The molecule has 0 aliphatic rings. The van der Waals surface area contributed by atoms with Crippen LogP contribution in [0.1, 0.15) is 6.23 Å². The van der Waals surface area contributed by atoms with Crippen LogP contribution in [0.25, 0.3) is 0 Å². The summed E-state index contributed by atoms with van der Waals surface area (Å²) in [6.45, 7) is -0.619. The van der Waals surface area contributed by atoms with Gasteiger partial charge in [-0.15, -0.1) is 0 Å². The highest BCUT2D eigenvalue weighted by atomic mass is 16.5. The van der Waals surface area contributed by atoms with Crippen LogP contribution in [0.5, 0.6) is 0 Å². The van der Waals surface area contributed by atoms with Crippen molar-refractivity contribution >= 4 is 12.6 Å². The molecule has 8 nitrogen and oxygen atoms in total. The van der Waals surface area contributed by atoms with E-state index in [0.29, 0.717) is 6.29 Å². The molecule has 0 saturated carbocycles. The summed E-state index contributed by atoms with van der Waals surface area (Å²) >= 11 is 0. The molecule has 92 valence electrons. The number of H-pyrrole nitrogens is 1. The molecule has 2 atom stereocenters. The number of nitrogens with one attached hydrogen (secondary N) is 1. The zero-order chi connectivity index (χ0) is 12.8. The lowest BCUT2D eigenvalue weighted by atomic mass is 10.4. The van der Waals surface area contributed by atoms with Gasteiger partial charge in [-0.2, -0.15) is 0 Å². The van der Waals surface area contributed by atoms with Gasteiger partial charge in [0.15, 0.2) is 18.8 Å². The normalized spacial score (nSPS) is 13.9. The van der Waals surface area contributed by atoms with Crippen molar-refractivity contribution in [1.29, 1.82) is 0 Å². The first-order chi connectivity index (χ1) is 8.12. The molecule has 0 spiro atoms. The van der Waals surface area contributed by atoms with Gasteiger partial charge in [-0.1, -0.05) is 0 Å². The second-order valence-electron chi connectivity index (χ2n) is 3.04. The molecule has 0 aliphatic carbocycles. The largest absolute Gasteiger partial charge is 0.393 e. The highest BCUT2D eigenvalue weighted by molar-refractivity contribution is 5.58. The van der Waals surface area contributed by atoms with E-state index in [-0.39, 0.29) is 6.29 Å². The molecule has 0 saturated heterocycles. The Morgan fingerprint density at radius 1 is 1.41 bits per heavy atom. The van der Waals surface area contributed by atoms with Crippen molar-refractivity contribution in [3.63, 3.8) is 0 Å². The third-order valence-electron chi connectivity index (χ3n) is 1.89. The van der Waals surface area contributed by atoms with Crippen molar-refractivity contribution < 1.29 is 19.4 Å². The number of rotatable bonds is 6. The summed E-state index contributed by atoms with van der Waals surface area (Å²) in [7, 11) is 0. The van der Waals surface area contributed by atoms with E-state index in [4.69, 9.17) is 9.84 Å². The third kappa shape index (κ3) is 3.20. The van der Waals surface area contributed by atoms with Crippen LogP contribution in [0.4, 0.5) is 0 Å². The molecule has 1 aromatic heterocycles. The number of aldehydes is 2. The maximum atomic E-state index is 11.3. The quantitative estimate of drug-likeness (QED) is 0.547. The van der Waals surface area contributed by atoms with Gasteiger partial charge in [0.05, 0.1) is 6.61 Å². The molecule has 1 rings (SSSR count). The van der Waals surface area contributed by atoms with Crippen LogP contribution in [-0.4, -0.2) is 39.9 Å². The van der Waals surface area contributed by atoms with Gasteiger partial charge in [0.1, 0.15) is 6.10 Å². The standard InChI is InChI=1S/C9H10N2O6/c12-3-6(4-13)17-8(5-14)11-2-1-7(15)10-9(11)16/h1-3,5-6,8,13H,4H2,(H,10,15,16)/t6-,8+/m0/s1. The molecule has 0 fully saturated rings. The molecule has 17 heavy (non-hydrogen) atoms. The Kier molecular flexibility index (Phi) is 4.49. The minimum atomic E-state index is -1.39. The molecule has 0 aliphatic heterocycles. The Morgan fingerprint density at radius 3 is 2.59 bits per heavy atom. The summed E-state index contributed by atoms with van der Waals surface area (Å²) in [5, 5.41) is 8.71. The average Bonchev–Trinajstić information content (AvgIpc) is 2.32. The number of aromatic amines is 1. The fourth-order valence-electron chi connectivity index (χ4n) is 1.09. The van der Waals surface area contributed by atoms with Crippen molar-refractivity contribution in [2.45, 2.75) is 12.3 Å². The number of hydrogen-bond acceptors (Lipinski definition) is 6. The number of aliphatic hydroxyl groups is 1. The van der Waals surface area contributed by atoms with Crippen LogP contribution in [0, 0.1) is 0 Å². The minimum Gasteiger partial charge on any atom is -0.393 e. The van der Waals surface area contributed by atoms with E-state index in [9.17, 15) is 19.2 Å². The number of carbonyl (C=O) groups is 2. The van der Waals surface area contributed by atoms with Crippen LogP contribution in [0.2, 0.25) is 0 Å². The van der Waals surface area contributed by atoms with Crippen LogP contribution < -0.4 is 11.2 Å². The van der Waals surface area contributed by atoms with Crippen LogP contribution in [-0.2, 0) is 14.3 Å². The van der Waals surface area contributed by atoms with Gasteiger partial charge in [-0.05, 0) is 0 Å². The zero-order valence-electron chi connectivity index (χ0n) is 8.61. The van der Waals surface area contributed by atoms with Gasteiger partial charge >= 0.3 is 5.69 Å². The van der Waals surface area contributed by atoms with E-state index in [2.05, 4.69) is 0 Å². The molecule has 0 aromatic carbocycles. The van der Waals surface area contributed by atoms with Crippen molar-refractivity contribution in [3.05, 3.63) is 33.1 Å². The summed E-state index contributed by atoms with van der Waals surface area (Å²) in [6, 6.07) is 1.02. The molecule has 1 heterocycles. The molecular formula is C9H10N2O6. The number of aliphatic hydroxyl groups excluding tert-OH is 1. The Balaban J connectivity index is 3.01. The van der Waals surface area contributed by atoms with Gasteiger partial charge in [-0.3, -0.25) is 19.1 Å². The molecular weight excluding hydrogens is 232 g/mol. The minimum absolute atomic E-state index is 0.270. The van der Waals surface area contributed by atoms with E-state index in [1.165, 1.54) is 0 Å². The van der Waals surface area contributed by atoms with Gasteiger partial charge in [0.25, 0.3) is 5.56 Å². The van der Waals surface area contributed by atoms with E-state index < -0.39 is 30.2 Å². The fourth-order valence-corrected chi connectivity index (χ4v) is 1.09. The van der Waals surface area contributed by atoms with Crippen LogP contribution in [0.3, 0.4) is 0 Å². The van der Waals surface area contributed by atoms with Gasteiger partial charge in [0, 0.05) is 12.3 Å². The van der Waals surface area contributed by atoms with Gasteiger partial charge in [0.2, 0.25) is 0 Å². The topological polar surface area (TPSA) is 118 Å². The van der Waals surface area contributed by atoms with Crippen LogP contribution in [0.15, 0.2) is 21.9 Å². The summed E-state index contributed by atoms with van der Waals surface area (Å²) in [5.41, 5.74) is -1.47. The zero-order valence-corrected chi connectivity index (χ0v) is 8.61. The van der Waals surface area contributed by atoms with Crippen molar-refractivity contribution in [2.24, 2.45) is 0 Å². The molecule has 8 heteroatoms. The number of ether oxygens (including phenoxy) is 1. The molecule has 1 aromatic rings.